The highest BCUT2D eigenvalue weighted by atomic mass is 15.5. The zero-order valence-electron chi connectivity index (χ0n) is 29.8. The van der Waals surface area contributed by atoms with E-state index in [1.807, 2.05) is 0 Å². The van der Waals surface area contributed by atoms with Crippen molar-refractivity contribution in [1.82, 2.24) is 19.9 Å². The van der Waals surface area contributed by atoms with Crippen LogP contribution in [-0.2, 0) is 0 Å². The summed E-state index contributed by atoms with van der Waals surface area (Å²) in [5, 5.41) is 0. The molecule has 2 aliphatic heterocycles. The van der Waals surface area contributed by atoms with Crippen LogP contribution >= 0.6 is 0 Å². The van der Waals surface area contributed by atoms with Gasteiger partial charge in [0.15, 0.2) is 11.6 Å². The third-order valence-electron chi connectivity index (χ3n) is 9.07. The first-order valence-corrected chi connectivity index (χ1v) is 17.0. The van der Waals surface area contributed by atoms with Gasteiger partial charge in [-0.2, -0.15) is 0 Å². The molecule has 8 nitrogen and oxygen atoms in total. The SMILES string of the molecule is Cc1cc(N2C(=C3N(c4cc(C)nc(C)c4)c4ccccc4N3c3cc(C)nc(C)c3)N(c3cc(C)nc(C)c3)c3ccccc32)cc(C)n1. The van der Waals surface area contributed by atoms with Crippen LogP contribution in [-0.4, -0.2) is 19.9 Å². The number of fused-ring (bicyclic) bond motifs is 2. The molecule has 0 amide bonds. The fourth-order valence-corrected chi connectivity index (χ4v) is 7.55. The Kier molecular flexibility index (Phi) is 7.40. The van der Waals surface area contributed by atoms with Crippen LogP contribution in [0.2, 0.25) is 0 Å². The van der Waals surface area contributed by atoms with Gasteiger partial charge in [0.25, 0.3) is 0 Å². The van der Waals surface area contributed by atoms with Gasteiger partial charge in [-0.1, -0.05) is 24.3 Å². The van der Waals surface area contributed by atoms with E-state index >= 15 is 0 Å². The number of hydrogen-bond donors (Lipinski definition) is 0. The van der Waals surface area contributed by atoms with Crippen molar-refractivity contribution in [3.05, 3.63) is 154 Å². The summed E-state index contributed by atoms with van der Waals surface area (Å²) in [6.45, 7) is 16.5. The lowest BCUT2D eigenvalue weighted by Gasteiger charge is -2.34. The van der Waals surface area contributed by atoms with E-state index in [0.717, 1.165) is 103 Å². The molecular formula is C42H40N8. The highest BCUT2D eigenvalue weighted by Gasteiger charge is 2.44. The molecule has 2 aliphatic rings. The molecule has 0 fully saturated rings. The number of aryl methyl sites for hydroxylation is 8. The van der Waals surface area contributed by atoms with E-state index in [9.17, 15) is 0 Å². The molecule has 0 saturated carbocycles. The molecule has 8 heteroatoms. The zero-order valence-corrected chi connectivity index (χ0v) is 29.8. The Morgan fingerprint density at radius 2 is 0.480 bits per heavy atom. The van der Waals surface area contributed by atoms with Crippen LogP contribution in [0.4, 0.5) is 45.5 Å². The second-order valence-corrected chi connectivity index (χ2v) is 13.4. The van der Waals surface area contributed by atoms with Crippen molar-refractivity contribution in [3.8, 4) is 0 Å². The summed E-state index contributed by atoms with van der Waals surface area (Å²) >= 11 is 0. The van der Waals surface area contributed by atoms with Crippen molar-refractivity contribution in [3.63, 3.8) is 0 Å². The third kappa shape index (κ3) is 5.24. The summed E-state index contributed by atoms with van der Waals surface area (Å²) in [5.74, 6) is 1.97. The Balaban J connectivity index is 1.57. The molecule has 248 valence electrons. The lowest BCUT2D eigenvalue weighted by atomic mass is 10.2. The first-order chi connectivity index (χ1) is 24.0. The van der Waals surface area contributed by atoms with Gasteiger partial charge in [-0.05, 0) is 128 Å². The van der Waals surface area contributed by atoms with Gasteiger partial charge >= 0.3 is 0 Å². The number of benzene rings is 2. The van der Waals surface area contributed by atoms with Crippen LogP contribution in [0.3, 0.4) is 0 Å². The molecule has 0 aliphatic carbocycles. The van der Waals surface area contributed by atoms with Gasteiger partial charge < -0.3 is 0 Å². The summed E-state index contributed by atoms with van der Waals surface area (Å²) in [7, 11) is 0. The molecule has 6 heterocycles. The van der Waals surface area contributed by atoms with E-state index in [1.54, 1.807) is 0 Å². The molecule has 2 aromatic carbocycles. The minimum Gasteiger partial charge on any atom is -0.291 e. The van der Waals surface area contributed by atoms with Crippen LogP contribution in [0.25, 0.3) is 0 Å². The maximum Gasteiger partial charge on any atom is 0.166 e. The minimum atomic E-state index is 0.958. The Labute approximate surface area is 294 Å². The largest absolute Gasteiger partial charge is 0.291 e. The lowest BCUT2D eigenvalue weighted by Crippen LogP contribution is -2.33. The molecule has 0 radical (unpaired) electrons. The predicted molar refractivity (Wildman–Crippen MR) is 203 cm³/mol. The van der Waals surface area contributed by atoms with E-state index in [-0.39, 0.29) is 0 Å². The molecule has 8 rings (SSSR count). The molecule has 50 heavy (non-hydrogen) atoms. The molecule has 0 saturated heterocycles. The highest BCUT2D eigenvalue weighted by Crippen LogP contribution is 2.57. The predicted octanol–water partition coefficient (Wildman–Crippen LogP) is 10.1. The maximum absolute atomic E-state index is 4.78. The number of rotatable bonds is 4. The fourth-order valence-electron chi connectivity index (χ4n) is 7.55. The smallest absolute Gasteiger partial charge is 0.166 e. The van der Waals surface area contributed by atoms with Crippen LogP contribution < -0.4 is 19.6 Å². The average molecular weight is 657 g/mol. The molecule has 6 aromatic rings. The summed E-state index contributed by atoms with van der Waals surface area (Å²) in [6, 6.07) is 34.7. The molecule has 0 bridgehead atoms. The van der Waals surface area contributed by atoms with Gasteiger partial charge in [0.1, 0.15) is 0 Å². The normalized spacial score (nSPS) is 13.8. The summed E-state index contributed by atoms with van der Waals surface area (Å²) in [4.78, 5) is 28.7. The number of aromatic nitrogens is 4. The van der Waals surface area contributed by atoms with Crippen LogP contribution in [0.1, 0.15) is 45.6 Å². The van der Waals surface area contributed by atoms with Gasteiger partial charge in [0.05, 0.1) is 45.5 Å². The van der Waals surface area contributed by atoms with Crippen LogP contribution in [0, 0.1) is 55.4 Å². The van der Waals surface area contributed by atoms with E-state index in [1.165, 1.54) is 0 Å². The molecular weight excluding hydrogens is 617 g/mol. The van der Waals surface area contributed by atoms with Gasteiger partial charge in [-0.15, -0.1) is 0 Å². The second kappa shape index (κ2) is 11.8. The zero-order chi connectivity index (χ0) is 34.8. The van der Waals surface area contributed by atoms with E-state index in [4.69, 9.17) is 19.9 Å². The van der Waals surface area contributed by atoms with Crippen LogP contribution in [0.5, 0.6) is 0 Å². The van der Waals surface area contributed by atoms with Crippen molar-refractivity contribution >= 4 is 45.5 Å². The van der Waals surface area contributed by atoms with Gasteiger partial charge in [0, 0.05) is 45.6 Å². The standard InChI is InChI=1S/C42H40N8/c1-25-17-33(18-26(2)43-25)47-37-13-9-10-14-38(37)48(34-19-27(3)44-28(4)20-34)41(47)42-49(35-21-29(5)45-30(6)22-35)39-15-11-12-16-40(39)50(42)36-23-31(7)46-32(8)24-36/h9-24H,1-8H3. The number of pyridine rings is 4. The van der Waals surface area contributed by atoms with Crippen molar-refractivity contribution < 1.29 is 0 Å². The Morgan fingerprint density at radius 3 is 0.660 bits per heavy atom. The molecule has 0 N–H and O–H groups in total. The maximum atomic E-state index is 4.78. The fraction of sp³-hybridized carbons (Fsp3) is 0.190. The summed E-state index contributed by atoms with van der Waals surface area (Å²) < 4.78 is 0. The highest BCUT2D eigenvalue weighted by molar-refractivity contribution is 6.00. The van der Waals surface area contributed by atoms with E-state index in [0.29, 0.717) is 0 Å². The number of hydrogen-bond acceptors (Lipinski definition) is 8. The van der Waals surface area contributed by atoms with Crippen LogP contribution in [0.15, 0.2) is 109 Å². The third-order valence-corrected chi connectivity index (χ3v) is 9.07. The lowest BCUT2D eigenvalue weighted by molar-refractivity contribution is 0.986. The number of nitrogens with zero attached hydrogens (tertiary/aromatic N) is 8. The monoisotopic (exact) mass is 656 g/mol. The molecule has 0 atom stereocenters. The topological polar surface area (TPSA) is 64.5 Å². The number of anilines is 8. The van der Waals surface area contributed by atoms with E-state index in [2.05, 4.69) is 172 Å². The van der Waals surface area contributed by atoms with E-state index < -0.39 is 0 Å². The minimum absolute atomic E-state index is 0.958. The van der Waals surface area contributed by atoms with Crippen molar-refractivity contribution in [1.29, 1.82) is 0 Å². The van der Waals surface area contributed by atoms with Crippen molar-refractivity contribution in [2.24, 2.45) is 0 Å². The number of para-hydroxylation sites is 4. The first kappa shape index (κ1) is 31.3. The molecule has 0 unspecified atom stereocenters. The Hall–Kier alpha value is -6.02. The Bertz CT molecular complexity index is 1950. The summed E-state index contributed by atoms with van der Waals surface area (Å²) in [6.07, 6.45) is 0. The first-order valence-electron chi connectivity index (χ1n) is 17.0. The quantitative estimate of drug-likeness (QED) is 0.186. The van der Waals surface area contributed by atoms with Crippen molar-refractivity contribution in [2.75, 3.05) is 19.6 Å². The second-order valence-electron chi connectivity index (χ2n) is 13.4. The van der Waals surface area contributed by atoms with Gasteiger partial charge in [-0.25, -0.2) is 0 Å². The van der Waals surface area contributed by atoms with Gasteiger partial charge in [0.2, 0.25) is 0 Å². The Morgan fingerprint density at radius 1 is 0.300 bits per heavy atom. The molecule has 0 spiro atoms. The average Bonchev–Trinajstić information content (AvgIpc) is 3.56. The van der Waals surface area contributed by atoms with Crippen molar-refractivity contribution in [2.45, 2.75) is 55.4 Å². The van der Waals surface area contributed by atoms with Gasteiger partial charge in [-0.3, -0.25) is 39.5 Å². The summed E-state index contributed by atoms with van der Waals surface area (Å²) in [5.41, 5.74) is 16.1. The molecule has 4 aromatic heterocycles.